The maximum Gasteiger partial charge on any atom is 0.343 e. The molecule has 1 aromatic carbocycles. The SMILES string of the molecule is C/C(=C/C#N)OC(=O)c1ccccc1.CC.CS(F)(F)(F)(F)F. The monoisotopic (exact) mass is 359 g/mol. The zero-order chi connectivity index (χ0) is 18.8. The van der Waals surface area contributed by atoms with Crippen LogP contribution in [0.4, 0.5) is 19.4 Å². The van der Waals surface area contributed by atoms with Crippen molar-refractivity contribution in [2.75, 3.05) is 6.26 Å². The molecule has 0 saturated heterocycles. The van der Waals surface area contributed by atoms with Gasteiger partial charge in [0.25, 0.3) is 10.2 Å². The Morgan fingerprint density at radius 3 is 1.87 bits per heavy atom. The number of carbonyl (C=O) groups is 1. The molecule has 132 valence electrons. The molecule has 0 atom stereocenters. The second-order valence-electron chi connectivity index (χ2n) is 3.99. The topological polar surface area (TPSA) is 50.1 Å². The van der Waals surface area contributed by atoms with E-state index < -0.39 is 22.4 Å². The van der Waals surface area contributed by atoms with E-state index in [0.717, 1.165) is 0 Å². The molecule has 23 heavy (non-hydrogen) atoms. The molecule has 0 radical (unpaired) electrons. The van der Waals surface area contributed by atoms with Gasteiger partial charge in [0.2, 0.25) is 0 Å². The molecule has 0 aliphatic carbocycles. The molecule has 0 N–H and O–H groups in total. The van der Waals surface area contributed by atoms with Crippen molar-refractivity contribution in [2.45, 2.75) is 20.8 Å². The number of ether oxygens (including phenoxy) is 1. The van der Waals surface area contributed by atoms with Crippen LogP contribution in [0, 0.1) is 11.3 Å². The van der Waals surface area contributed by atoms with Crippen LogP contribution in [0.15, 0.2) is 42.2 Å². The van der Waals surface area contributed by atoms with E-state index in [1.807, 2.05) is 19.9 Å². The third-order valence-electron chi connectivity index (χ3n) is 1.53. The lowest BCUT2D eigenvalue weighted by Gasteiger charge is -2.35. The van der Waals surface area contributed by atoms with Crippen molar-refractivity contribution in [1.29, 1.82) is 5.26 Å². The number of allylic oxidation sites excluding steroid dienone is 2. The van der Waals surface area contributed by atoms with Crippen LogP contribution in [-0.4, -0.2) is 12.2 Å². The van der Waals surface area contributed by atoms with Gasteiger partial charge in [-0.1, -0.05) is 51.5 Å². The summed E-state index contributed by atoms with van der Waals surface area (Å²) in [6.45, 7) is 5.56. The molecule has 1 aromatic rings. The molecular formula is C14H18F5NO2S. The van der Waals surface area contributed by atoms with Gasteiger partial charge < -0.3 is 4.74 Å². The average molecular weight is 359 g/mol. The highest BCUT2D eigenvalue weighted by atomic mass is 32.5. The van der Waals surface area contributed by atoms with E-state index in [0.29, 0.717) is 11.3 Å². The maximum atomic E-state index is 11.4. The van der Waals surface area contributed by atoms with Gasteiger partial charge in [0, 0.05) is 0 Å². The number of rotatable bonds is 2. The van der Waals surface area contributed by atoms with Crippen LogP contribution < -0.4 is 0 Å². The molecule has 0 bridgehead atoms. The molecule has 0 saturated carbocycles. The van der Waals surface area contributed by atoms with Crippen LogP contribution >= 0.6 is 10.2 Å². The summed E-state index contributed by atoms with van der Waals surface area (Å²) in [5.41, 5.74) is 0.471. The third-order valence-corrected chi connectivity index (χ3v) is 1.53. The fraction of sp³-hybridized carbons (Fsp3) is 0.286. The van der Waals surface area contributed by atoms with Crippen molar-refractivity contribution in [1.82, 2.24) is 0 Å². The number of carbonyl (C=O) groups excluding carboxylic acids is 1. The Bertz CT molecular complexity index is 563. The molecule has 0 aliphatic rings. The number of nitrogens with zero attached hydrogens (tertiary/aromatic N) is 1. The molecule has 3 nitrogen and oxygen atoms in total. The summed E-state index contributed by atoms with van der Waals surface area (Å²) in [4.78, 5) is 11.4. The highest BCUT2D eigenvalue weighted by Crippen LogP contribution is 2.95. The van der Waals surface area contributed by atoms with E-state index >= 15 is 0 Å². The third kappa shape index (κ3) is 22.3. The normalized spacial score (nSPS) is 13.7. The van der Waals surface area contributed by atoms with E-state index in [-0.39, 0.29) is 0 Å². The maximum absolute atomic E-state index is 11.4. The fourth-order valence-corrected chi connectivity index (χ4v) is 0.900. The van der Waals surface area contributed by atoms with Crippen LogP contribution in [0.3, 0.4) is 0 Å². The summed E-state index contributed by atoms with van der Waals surface area (Å²) >= 11 is 0. The standard InChI is InChI=1S/C11H9NO2.C2H6.CH3F5S/c1-9(7-8-12)14-11(13)10-5-3-2-4-6-10;1-2;1-7(2,3,4,5)6/h2-7H,1H3;1-2H3;1H3/b9-7-;;. The summed E-state index contributed by atoms with van der Waals surface area (Å²) in [5.74, 6) is -0.157. The van der Waals surface area contributed by atoms with E-state index in [4.69, 9.17) is 10.00 Å². The van der Waals surface area contributed by atoms with Crippen molar-refractivity contribution in [3.8, 4) is 6.07 Å². The molecule has 0 fully saturated rings. The minimum atomic E-state index is -8.97. The van der Waals surface area contributed by atoms with Crippen LogP contribution in [0.5, 0.6) is 0 Å². The zero-order valence-corrected chi connectivity index (χ0v) is 13.8. The second kappa shape index (κ2) is 7.97. The lowest BCUT2D eigenvalue weighted by Crippen LogP contribution is -2.02. The molecule has 0 unspecified atom stereocenters. The number of hydrogen-bond acceptors (Lipinski definition) is 3. The number of benzene rings is 1. The van der Waals surface area contributed by atoms with Crippen LogP contribution in [0.25, 0.3) is 0 Å². The van der Waals surface area contributed by atoms with Gasteiger partial charge in [-0.25, -0.2) is 4.79 Å². The second-order valence-corrected chi connectivity index (χ2v) is 6.70. The van der Waals surface area contributed by atoms with E-state index in [1.54, 1.807) is 37.3 Å². The summed E-state index contributed by atoms with van der Waals surface area (Å²) < 4.78 is 57.4. The first kappa shape index (κ1) is 23.2. The number of halogens is 5. The Balaban J connectivity index is 0. The van der Waals surface area contributed by atoms with Gasteiger partial charge in [0.05, 0.1) is 24.0 Å². The van der Waals surface area contributed by atoms with Gasteiger partial charge in [0.15, 0.2) is 0 Å². The molecule has 0 heterocycles. The number of nitriles is 1. The van der Waals surface area contributed by atoms with E-state index in [1.165, 1.54) is 6.08 Å². The molecular weight excluding hydrogens is 341 g/mol. The van der Waals surface area contributed by atoms with Gasteiger partial charge in [-0.3, -0.25) is 0 Å². The van der Waals surface area contributed by atoms with Gasteiger partial charge in [-0.2, -0.15) is 5.26 Å². The van der Waals surface area contributed by atoms with Crippen LogP contribution in [0.1, 0.15) is 31.1 Å². The van der Waals surface area contributed by atoms with Crippen molar-refractivity contribution in [2.24, 2.45) is 0 Å². The van der Waals surface area contributed by atoms with Crippen molar-refractivity contribution in [3.05, 3.63) is 47.7 Å². The van der Waals surface area contributed by atoms with Gasteiger partial charge >= 0.3 is 5.97 Å². The Hall–Kier alpha value is -2.08. The highest BCUT2D eigenvalue weighted by molar-refractivity contribution is 8.45. The number of hydrogen-bond donors (Lipinski definition) is 0. The quantitative estimate of drug-likeness (QED) is 0.273. The van der Waals surface area contributed by atoms with E-state index in [2.05, 4.69) is 0 Å². The van der Waals surface area contributed by atoms with Crippen LogP contribution in [0.2, 0.25) is 0 Å². The van der Waals surface area contributed by atoms with Crippen LogP contribution in [-0.2, 0) is 4.74 Å². The first-order chi connectivity index (χ1) is 10.2. The Morgan fingerprint density at radius 1 is 1.13 bits per heavy atom. The average Bonchev–Trinajstić information content (AvgIpc) is 2.38. The molecule has 1 rings (SSSR count). The summed E-state index contributed by atoms with van der Waals surface area (Å²) in [5, 5.41) is 8.30. The van der Waals surface area contributed by atoms with Gasteiger partial charge in [-0.05, 0) is 19.1 Å². The fourth-order valence-electron chi connectivity index (χ4n) is 0.900. The van der Waals surface area contributed by atoms with Crippen molar-refractivity contribution in [3.63, 3.8) is 0 Å². The summed E-state index contributed by atoms with van der Waals surface area (Å²) in [6, 6.07) is 10.4. The predicted octanol–water partition coefficient (Wildman–Crippen LogP) is 6.21. The Morgan fingerprint density at radius 2 is 1.52 bits per heavy atom. The highest BCUT2D eigenvalue weighted by Gasteiger charge is 2.57. The molecule has 0 amide bonds. The first-order valence-electron chi connectivity index (χ1n) is 6.25. The molecule has 0 aromatic heterocycles. The van der Waals surface area contributed by atoms with E-state index in [9.17, 15) is 24.2 Å². The zero-order valence-electron chi connectivity index (χ0n) is 13.0. The van der Waals surface area contributed by atoms with Gasteiger partial charge in [-0.15, -0.1) is 0 Å². The summed E-state index contributed by atoms with van der Waals surface area (Å²) in [6.07, 6.45) is 0.195. The first-order valence-corrected chi connectivity index (χ1v) is 8.61. The van der Waals surface area contributed by atoms with Crippen molar-refractivity contribution >= 4 is 16.2 Å². The molecule has 9 heteroatoms. The predicted molar refractivity (Wildman–Crippen MR) is 81.6 cm³/mol. The largest absolute Gasteiger partial charge is 0.427 e. The minimum absolute atomic E-state index is 0.293. The van der Waals surface area contributed by atoms with Crippen molar-refractivity contribution < 1.29 is 29.0 Å². The Labute approximate surface area is 132 Å². The minimum Gasteiger partial charge on any atom is -0.427 e. The smallest absolute Gasteiger partial charge is 0.343 e. The molecule has 0 spiro atoms. The van der Waals surface area contributed by atoms with Gasteiger partial charge in [0.1, 0.15) is 5.76 Å². The lowest BCUT2D eigenvalue weighted by molar-refractivity contribution is 0.0626. The summed E-state index contributed by atoms with van der Waals surface area (Å²) in [7, 11) is -8.97. The molecule has 0 aliphatic heterocycles. The number of esters is 1. The Kier molecular flexibility index (Phi) is 8.03. The lowest BCUT2D eigenvalue weighted by atomic mass is 10.2.